The molecule has 0 aromatic rings. The summed E-state index contributed by atoms with van der Waals surface area (Å²) >= 11 is 0. The fraction of sp³-hybridized carbons (Fsp3) is 0.857. The van der Waals surface area contributed by atoms with Gasteiger partial charge in [0, 0.05) is 11.1 Å². The molecule has 0 saturated heterocycles. The summed E-state index contributed by atoms with van der Waals surface area (Å²) in [5, 5.41) is 1.67. The molecule has 0 rings (SSSR count). The lowest BCUT2D eigenvalue weighted by molar-refractivity contribution is 0.0593. The number of allylic oxidation sites excluding steroid dienone is 2. The standard InChI is InChI=1S/C14H31NSi/c1-11(2)12(3)16-10-15(13(4,5)6)14(7,8)9/h10,16H2,1-9H3. The van der Waals surface area contributed by atoms with Gasteiger partial charge in [-0.1, -0.05) is 10.8 Å². The molecule has 0 fully saturated rings. The van der Waals surface area contributed by atoms with Gasteiger partial charge in [0.25, 0.3) is 0 Å². The van der Waals surface area contributed by atoms with Crippen molar-refractivity contribution in [3.63, 3.8) is 0 Å². The topological polar surface area (TPSA) is 3.24 Å². The van der Waals surface area contributed by atoms with Crippen LogP contribution in [0.4, 0.5) is 0 Å². The highest BCUT2D eigenvalue weighted by atomic mass is 28.2. The lowest BCUT2D eigenvalue weighted by Gasteiger charge is -2.45. The Kier molecular flexibility index (Phi) is 5.47. The minimum Gasteiger partial charge on any atom is -0.297 e. The molecule has 1 nitrogen and oxygen atoms in total. The molecule has 16 heavy (non-hydrogen) atoms. The van der Waals surface area contributed by atoms with Crippen molar-refractivity contribution in [2.75, 3.05) is 6.17 Å². The lowest BCUT2D eigenvalue weighted by Crippen LogP contribution is -2.54. The predicted molar refractivity (Wildman–Crippen MR) is 78.8 cm³/mol. The molecule has 0 heterocycles. The van der Waals surface area contributed by atoms with Crippen LogP contribution in [-0.4, -0.2) is 31.7 Å². The molecule has 0 aliphatic carbocycles. The normalized spacial score (nSPS) is 13.9. The quantitative estimate of drug-likeness (QED) is 0.685. The molecule has 0 unspecified atom stereocenters. The largest absolute Gasteiger partial charge is 0.297 e. The van der Waals surface area contributed by atoms with E-state index in [1.165, 1.54) is 11.7 Å². The smallest absolute Gasteiger partial charge is 0.0649 e. The summed E-state index contributed by atoms with van der Waals surface area (Å²) in [7, 11) is -0.113. The maximum atomic E-state index is 2.65. The predicted octanol–water partition coefficient (Wildman–Crippen LogP) is 3.33. The van der Waals surface area contributed by atoms with Crippen molar-refractivity contribution in [1.82, 2.24) is 4.90 Å². The summed E-state index contributed by atoms with van der Waals surface area (Å²) in [6, 6.07) is 0. The second-order valence-corrected chi connectivity index (χ2v) is 9.03. The highest BCUT2D eigenvalue weighted by Gasteiger charge is 2.30. The monoisotopic (exact) mass is 241 g/mol. The third-order valence-electron chi connectivity index (χ3n) is 3.18. The summed E-state index contributed by atoms with van der Waals surface area (Å²) in [6.07, 6.45) is 1.28. The SMILES string of the molecule is CC(C)=C(C)[SiH2]CN(C(C)(C)C)C(C)(C)C. The molecule has 0 radical (unpaired) electrons. The molecule has 0 atom stereocenters. The maximum absolute atomic E-state index is 2.65. The van der Waals surface area contributed by atoms with E-state index in [0.29, 0.717) is 0 Å². The first-order chi connectivity index (χ1) is 6.96. The Morgan fingerprint density at radius 2 is 1.25 bits per heavy atom. The number of nitrogens with zero attached hydrogens (tertiary/aromatic N) is 1. The zero-order valence-corrected chi connectivity index (χ0v) is 14.3. The van der Waals surface area contributed by atoms with E-state index >= 15 is 0 Å². The molecule has 0 saturated carbocycles. The van der Waals surface area contributed by atoms with Crippen LogP contribution in [0.5, 0.6) is 0 Å². The first-order valence-corrected chi connectivity index (χ1v) is 8.07. The molecule has 96 valence electrons. The zero-order chi connectivity index (χ0) is 13.1. The van der Waals surface area contributed by atoms with Gasteiger partial charge in [0.1, 0.15) is 0 Å². The second kappa shape index (κ2) is 5.50. The van der Waals surface area contributed by atoms with Gasteiger partial charge in [-0.25, -0.2) is 0 Å². The van der Waals surface area contributed by atoms with E-state index in [1.807, 2.05) is 0 Å². The molecule has 0 aliphatic rings. The van der Waals surface area contributed by atoms with E-state index in [2.05, 4.69) is 67.2 Å². The Bertz CT molecular complexity index is 235. The fourth-order valence-electron chi connectivity index (χ4n) is 2.21. The number of hydrogen-bond donors (Lipinski definition) is 0. The van der Waals surface area contributed by atoms with Crippen molar-refractivity contribution in [2.24, 2.45) is 0 Å². The third kappa shape index (κ3) is 5.31. The van der Waals surface area contributed by atoms with Crippen molar-refractivity contribution in [2.45, 2.75) is 73.4 Å². The van der Waals surface area contributed by atoms with Crippen molar-refractivity contribution >= 4 is 9.52 Å². The zero-order valence-electron chi connectivity index (χ0n) is 12.9. The van der Waals surface area contributed by atoms with E-state index in [1.54, 1.807) is 5.20 Å². The fourth-order valence-corrected chi connectivity index (χ4v) is 4.61. The van der Waals surface area contributed by atoms with Crippen molar-refractivity contribution in [3.8, 4) is 0 Å². The minimum atomic E-state index is -0.113. The van der Waals surface area contributed by atoms with Gasteiger partial charge in [-0.15, -0.1) is 0 Å². The van der Waals surface area contributed by atoms with Crippen LogP contribution in [-0.2, 0) is 0 Å². The van der Waals surface area contributed by atoms with Gasteiger partial charge in [-0.3, -0.25) is 4.90 Å². The van der Waals surface area contributed by atoms with Crippen LogP contribution in [0.1, 0.15) is 62.3 Å². The Labute approximate surface area is 105 Å². The van der Waals surface area contributed by atoms with Gasteiger partial charge >= 0.3 is 0 Å². The Morgan fingerprint density at radius 3 is 1.50 bits per heavy atom. The van der Waals surface area contributed by atoms with Crippen LogP contribution >= 0.6 is 0 Å². The van der Waals surface area contributed by atoms with E-state index in [0.717, 1.165) is 0 Å². The van der Waals surface area contributed by atoms with Gasteiger partial charge in [0.15, 0.2) is 0 Å². The van der Waals surface area contributed by atoms with Crippen LogP contribution in [0.25, 0.3) is 0 Å². The summed E-state index contributed by atoms with van der Waals surface area (Å²) in [4.78, 5) is 2.65. The van der Waals surface area contributed by atoms with Gasteiger partial charge in [-0.05, 0) is 68.5 Å². The Morgan fingerprint density at radius 1 is 0.875 bits per heavy atom. The number of rotatable bonds is 3. The summed E-state index contributed by atoms with van der Waals surface area (Å²) in [5.74, 6) is 0. The Hall–Kier alpha value is -0.0831. The molecule has 0 aliphatic heterocycles. The molecule has 0 amide bonds. The summed E-state index contributed by atoms with van der Waals surface area (Å²) < 4.78 is 0. The molecular weight excluding hydrogens is 210 g/mol. The van der Waals surface area contributed by atoms with E-state index < -0.39 is 0 Å². The first kappa shape index (κ1) is 15.9. The van der Waals surface area contributed by atoms with Crippen LogP contribution in [0, 0.1) is 0 Å². The number of hydrogen-bond acceptors (Lipinski definition) is 1. The average Bonchev–Trinajstić information content (AvgIpc) is 1.98. The molecule has 0 N–H and O–H groups in total. The van der Waals surface area contributed by atoms with Crippen molar-refractivity contribution in [1.29, 1.82) is 0 Å². The van der Waals surface area contributed by atoms with E-state index in [9.17, 15) is 0 Å². The summed E-state index contributed by atoms with van der Waals surface area (Å²) in [6.45, 7) is 20.7. The minimum absolute atomic E-state index is 0.113. The van der Waals surface area contributed by atoms with Crippen molar-refractivity contribution < 1.29 is 0 Å². The molecular formula is C14H31NSi. The van der Waals surface area contributed by atoms with Gasteiger partial charge in [0.05, 0.1) is 9.52 Å². The van der Waals surface area contributed by atoms with Gasteiger partial charge in [-0.2, -0.15) is 0 Å². The van der Waals surface area contributed by atoms with Crippen LogP contribution < -0.4 is 0 Å². The van der Waals surface area contributed by atoms with Crippen molar-refractivity contribution in [3.05, 3.63) is 10.8 Å². The molecule has 2 heteroatoms. The second-order valence-electron chi connectivity index (χ2n) is 7.02. The molecule has 0 bridgehead atoms. The Balaban J connectivity index is 4.68. The third-order valence-corrected chi connectivity index (χ3v) is 5.31. The first-order valence-electron chi connectivity index (χ1n) is 6.37. The highest BCUT2D eigenvalue weighted by Crippen LogP contribution is 2.24. The van der Waals surface area contributed by atoms with Gasteiger partial charge < -0.3 is 0 Å². The van der Waals surface area contributed by atoms with Crippen LogP contribution in [0.2, 0.25) is 0 Å². The highest BCUT2D eigenvalue weighted by molar-refractivity contribution is 6.45. The summed E-state index contributed by atoms with van der Waals surface area (Å²) in [5.41, 5.74) is 2.06. The lowest BCUT2D eigenvalue weighted by atomic mass is 9.97. The van der Waals surface area contributed by atoms with Crippen LogP contribution in [0.15, 0.2) is 10.8 Å². The molecule has 0 aromatic carbocycles. The van der Waals surface area contributed by atoms with Gasteiger partial charge in [0.2, 0.25) is 0 Å². The average molecular weight is 241 g/mol. The van der Waals surface area contributed by atoms with E-state index in [-0.39, 0.29) is 20.6 Å². The molecule has 0 spiro atoms. The maximum Gasteiger partial charge on any atom is 0.0649 e. The molecule has 0 aromatic heterocycles. The van der Waals surface area contributed by atoms with Crippen LogP contribution in [0.3, 0.4) is 0 Å². The van der Waals surface area contributed by atoms with E-state index in [4.69, 9.17) is 0 Å².